The molecule has 186 valence electrons. The summed E-state index contributed by atoms with van der Waals surface area (Å²) in [5.74, 6) is 1.97. The molecule has 1 aromatic heterocycles. The van der Waals surface area contributed by atoms with Crippen LogP contribution in [0.25, 0.3) is 27.7 Å². The number of ether oxygens (including phenoxy) is 3. The second kappa shape index (κ2) is 10.9. The molecule has 0 unspecified atom stereocenters. The van der Waals surface area contributed by atoms with Crippen LogP contribution in [0.5, 0.6) is 17.2 Å². The van der Waals surface area contributed by atoms with Gasteiger partial charge in [0, 0.05) is 34.2 Å². The van der Waals surface area contributed by atoms with Crippen molar-refractivity contribution in [3.63, 3.8) is 0 Å². The first-order chi connectivity index (χ1) is 17.0. The minimum atomic E-state index is -0.0542. The molecule has 1 saturated carbocycles. The SMILES string of the molecule is COc1ccc(-c2coc3c(C)c(OC)c(/C(C)=C/C(=O)NC4CCCCCC4)cc23)cc1OC. The summed E-state index contributed by atoms with van der Waals surface area (Å²) in [4.78, 5) is 12.9. The normalized spacial score (nSPS) is 15.1. The van der Waals surface area contributed by atoms with Gasteiger partial charge in [-0.2, -0.15) is 0 Å². The van der Waals surface area contributed by atoms with E-state index in [1.54, 1.807) is 33.7 Å². The number of aryl methyl sites for hydroxylation is 1. The molecular weight excluding hydrogens is 442 g/mol. The Labute approximate surface area is 207 Å². The maximum Gasteiger partial charge on any atom is 0.244 e. The molecule has 0 atom stereocenters. The van der Waals surface area contributed by atoms with E-state index < -0.39 is 0 Å². The number of amides is 1. The highest BCUT2D eigenvalue weighted by Gasteiger charge is 2.20. The molecule has 0 aliphatic heterocycles. The third-order valence-electron chi connectivity index (χ3n) is 6.92. The minimum Gasteiger partial charge on any atom is -0.496 e. The van der Waals surface area contributed by atoms with Crippen molar-refractivity contribution in [1.82, 2.24) is 5.32 Å². The second-order valence-electron chi connectivity index (χ2n) is 9.20. The predicted octanol–water partition coefficient (Wildman–Crippen LogP) is 6.68. The van der Waals surface area contributed by atoms with Crippen molar-refractivity contribution in [3.8, 4) is 28.4 Å². The van der Waals surface area contributed by atoms with Crippen LogP contribution in [-0.2, 0) is 4.79 Å². The lowest BCUT2D eigenvalue weighted by atomic mass is 9.96. The van der Waals surface area contributed by atoms with Crippen LogP contribution in [0.4, 0.5) is 0 Å². The van der Waals surface area contributed by atoms with Gasteiger partial charge in [-0.15, -0.1) is 0 Å². The number of carbonyl (C=O) groups excluding carboxylic acids is 1. The van der Waals surface area contributed by atoms with E-state index in [4.69, 9.17) is 18.6 Å². The van der Waals surface area contributed by atoms with E-state index in [1.807, 2.05) is 38.1 Å². The Morgan fingerprint density at radius 2 is 1.71 bits per heavy atom. The smallest absolute Gasteiger partial charge is 0.244 e. The van der Waals surface area contributed by atoms with Gasteiger partial charge in [-0.1, -0.05) is 31.7 Å². The molecule has 0 bridgehead atoms. The van der Waals surface area contributed by atoms with Crippen molar-refractivity contribution in [2.45, 2.75) is 58.4 Å². The van der Waals surface area contributed by atoms with E-state index in [0.717, 1.165) is 51.6 Å². The van der Waals surface area contributed by atoms with Crippen LogP contribution in [-0.4, -0.2) is 33.3 Å². The number of carbonyl (C=O) groups is 1. The van der Waals surface area contributed by atoms with Gasteiger partial charge in [0.2, 0.25) is 5.91 Å². The Hall–Kier alpha value is -3.41. The number of fused-ring (bicyclic) bond motifs is 1. The maximum absolute atomic E-state index is 12.9. The number of benzene rings is 2. The van der Waals surface area contributed by atoms with E-state index in [2.05, 4.69) is 5.32 Å². The topological polar surface area (TPSA) is 69.9 Å². The van der Waals surface area contributed by atoms with Crippen molar-refractivity contribution in [3.05, 3.63) is 47.7 Å². The van der Waals surface area contributed by atoms with Gasteiger partial charge in [0.1, 0.15) is 11.3 Å². The number of rotatable bonds is 7. The highest BCUT2D eigenvalue weighted by atomic mass is 16.5. The minimum absolute atomic E-state index is 0.0542. The number of methoxy groups -OCH3 is 3. The van der Waals surface area contributed by atoms with Crippen LogP contribution in [0.3, 0.4) is 0 Å². The van der Waals surface area contributed by atoms with Crippen LogP contribution in [0, 0.1) is 6.92 Å². The fourth-order valence-electron chi connectivity index (χ4n) is 5.04. The Kier molecular flexibility index (Phi) is 7.69. The fourth-order valence-corrected chi connectivity index (χ4v) is 5.04. The quantitative estimate of drug-likeness (QED) is 0.304. The van der Waals surface area contributed by atoms with Gasteiger partial charge in [0.15, 0.2) is 11.5 Å². The molecule has 0 spiro atoms. The van der Waals surface area contributed by atoms with E-state index in [0.29, 0.717) is 17.2 Å². The van der Waals surface area contributed by atoms with Gasteiger partial charge >= 0.3 is 0 Å². The van der Waals surface area contributed by atoms with Gasteiger partial charge < -0.3 is 23.9 Å². The molecular formula is C29H35NO5. The number of hydrogen-bond donors (Lipinski definition) is 1. The third-order valence-corrected chi connectivity index (χ3v) is 6.92. The zero-order valence-electron chi connectivity index (χ0n) is 21.3. The molecule has 0 radical (unpaired) electrons. The Morgan fingerprint density at radius 3 is 2.37 bits per heavy atom. The standard InChI is InChI=1S/C29H35NO5/c1-18(14-27(31)30-21-10-8-6-7-9-11-21)22-16-23-24(17-35-29(23)19(2)28(22)34-5)20-12-13-25(32-3)26(15-20)33-4/h12-17,21H,6-11H2,1-5H3,(H,30,31)/b18-14+. The lowest BCUT2D eigenvalue weighted by Crippen LogP contribution is -2.33. The summed E-state index contributed by atoms with van der Waals surface area (Å²) in [6.45, 7) is 3.93. The molecule has 1 aliphatic rings. The summed E-state index contributed by atoms with van der Waals surface area (Å²) in [6.07, 6.45) is 10.4. The summed E-state index contributed by atoms with van der Waals surface area (Å²) in [5.41, 5.74) is 5.25. The van der Waals surface area contributed by atoms with Crippen molar-refractivity contribution in [2.24, 2.45) is 0 Å². The summed E-state index contributed by atoms with van der Waals surface area (Å²) >= 11 is 0. The molecule has 4 rings (SSSR count). The second-order valence-corrected chi connectivity index (χ2v) is 9.20. The predicted molar refractivity (Wildman–Crippen MR) is 139 cm³/mol. The largest absolute Gasteiger partial charge is 0.496 e. The fraction of sp³-hybridized carbons (Fsp3) is 0.414. The molecule has 6 heteroatoms. The van der Waals surface area contributed by atoms with E-state index in [1.165, 1.54) is 25.7 Å². The molecule has 35 heavy (non-hydrogen) atoms. The molecule has 3 aromatic rings. The summed E-state index contributed by atoms with van der Waals surface area (Å²) in [5, 5.41) is 4.15. The maximum atomic E-state index is 12.9. The molecule has 2 aromatic carbocycles. The van der Waals surface area contributed by atoms with Crippen LogP contribution >= 0.6 is 0 Å². The zero-order chi connectivity index (χ0) is 24.9. The molecule has 1 fully saturated rings. The average Bonchev–Trinajstić information content (AvgIpc) is 3.13. The lowest BCUT2D eigenvalue weighted by Gasteiger charge is -2.16. The Bertz CT molecular complexity index is 1230. The summed E-state index contributed by atoms with van der Waals surface area (Å²) in [7, 11) is 4.89. The van der Waals surface area contributed by atoms with Crippen molar-refractivity contribution in [1.29, 1.82) is 0 Å². The average molecular weight is 478 g/mol. The van der Waals surface area contributed by atoms with E-state index in [-0.39, 0.29) is 11.9 Å². The Morgan fingerprint density at radius 1 is 1.00 bits per heavy atom. The first-order valence-electron chi connectivity index (χ1n) is 12.3. The van der Waals surface area contributed by atoms with Gasteiger partial charge in [-0.25, -0.2) is 0 Å². The van der Waals surface area contributed by atoms with Crippen LogP contribution in [0.1, 0.15) is 56.6 Å². The van der Waals surface area contributed by atoms with Gasteiger partial charge in [0.25, 0.3) is 0 Å². The highest BCUT2D eigenvalue weighted by molar-refractivity contribution is 6.02. The zero-order valence-corrected chi connectivity index (χ0v) is 21.3. The summed E-state index contributed by atoms with van der Waals surface area (Å²) < 4.78 is 22.6. The summed E-state index contributed by atoms with van der Waals surface area (Å²) in [6, 6.07) is 8.10. The number of allylic oxidation sites excluding steroid dienone is 1. The monoisotopic (exact) mass is 477 g/mol. The highest BCUT2D eigenvalue weighted by Crippen LogP contribution is 2.42. The van der Waals surface area contributed by atoms with Gasteiger partial charge in [-0.3, -0.25) is 4.79 Å². The van der Waals surface area contributed by atoms with E-state index >= 15 is 0 Å². The van der Waals surface area contributed by atoms with E-state index in [9.17, 15) is 4.79 Å². The molecule has 6 nitrogen and oxygen atoms in total. The molecule has 1 N–H and O–H groups in total. The van der Waals surface area contributed by atoms with Gasteiger partial charge in [-0.05, 0) is 56.0 Å². The first-order valence-corrected chi connectivity index (χ1v) is 12.3. The Balaban J connectivity index is 1.72. The van der Waals surface area contributed by atoms with Crippen molar-refractivity contribution in [2.75, 3.05) is 21.3 Å². The molecule has 1 aliphatic carbocycles. The van der Waals surface area contributed by atoms with Crippen molar-refractivity contribution >= 4 is 22.4 Å². The molecule has 1 heterocycles. The van der Waals surface area contributed by atoms with Gasteiger partial charge in [0.05, 0.1) is 27.6 Å². The third kappa shape index (κ3) is 5.16. The van der Waals surface area contributed by atoms with Crippen LogP contribution < -0.4 is 19.5 Å². The van der Waals surface area contributed by atoms with Crippen LogP contribution in [0.15, 0.2) is 41.0 Å². The molecule has 1 amide bonds. The number of furan rings is 1. The molecule has 0 saturated heterocycles. The first kappa shape index (κ1) is 24.7. The number of hydrogen-bond acceptors (Lipinski definition) is 5. The van der Waals surface area contributed by atoms with Crippen molar-refractivity contribution < 1.29 is 23.4 Å². The lowest BCUT2D eigenvalue weighted by molar-refractivity contribution is -0.117. The van der Waals surface area contributed by atoms with Crippen LogP contribution in [0.2, 0.25) is 0 Å². The number of nitrogens with one attached hydrogen (secondary N) is 1.